The molecule has 0 saturated heterocycles. The third kappa shape index (κ3) is 4.05. The highest BCUT2D eigenvalue weighted by atomic mass is 16.1. The molecule has 4 N–H and O–H groups in total. The monoisotopic (exact) mass is 357 g/mol. The summed E-state index contributed by atoms with van der Waals surface area (Å²) < 4.78 is 1.86. The second kappa shape index (κ2) is 7.58. The van der Waals surface area contributed by atoms with Crippen molar-refractivity contribution in [2.45, 2.75) is 13.5 Å². The maximum atomic E-state index is 12.2. The molecule has 0 bridgehead atoms. The van der Waals surface area contributed by atoms with Crippen molar-refractivity contribution >= 4 is 11.9 Å². The van der Waals surface area contributed by atoms with E-state index < -0.39 is 5.91 Å². The Morgan fingerprint density at radius 1 is 1.04 bits per heavy atom. The molecule has 134 valence electrons. The molecule has 3 rings (SSSR count). The van der Waals surface area contributed by atoms with Gasteiger partial charge in [-0.1, -0.05) is 42.0 Å². The lowest BCUT2D eigenvalue weighted by molar-refractivity contribution is -0.118. The van der Waals surface area contributed by atoms with Crippen molar-refractivity contribution in [3.05, 3.63) is 71.8 Å². The standard InChI is InChI=1S/C21H19N5O/c1-14-5-7-16(8-6-14)18-9-10-19(17-4-2-3-15(11-17)12-22)26(18)13-20(27)25-21(23)24/h2-11H,13H2,1H3,(H4,23,24,25,27). The zero-order valence-electron chi connectivity index (χ0n) is 14.9. The van der Waals surface area contributed by atoms with Crippen LogP contribution in [0, 0.1) is 18.3 Å². The van der Waals surface area contributed by atoms with Gasteiger partial charge in [0.25, 0.3) is 5.91 Å². The van der Waals surface area contributed by atoms with Gasteiger partial charge in [-0.05, 0) is 42.3 Å². The first-order valence-electron chi connectivity index (χ1n) is 8.37. The molecule has 6 heteroatoms. The number of rotatable bonds is 4. The van der Waals surface area contributed by atoms with Gasteiger partial charge in [0.1, 0.15) is 6.54 Å². The van der Waals surface area contributed by atoms with Crippen LogP contribution in [0.2, 0.25) is 0 Å². The molecule has 6 nitrogen and oxygen atoms in total. The van der Waals surface area contributed by atoms with Crippen molar-refractivity contribution in [3.63, 3.8) is 0 Å². The zero-order chi connectivity index (χ0) is 19.4. The molecule has 0 unspecified atom stereocenters. The average molecular weight is 357 g/mol. The summed E-state index contributed by atoms with van der Waals surface area (Å²) in [6.45, 7) is 2.00. The number of aliphatic imine (C=N–C) groups is 1. The van der Waals surface area contributed by atoms with E-state index in [-0.39, 0.29) is 12.5 Å². The largest absolute Gasteiger partial charge is 0.370 e. The Kier molecular flexibility index (Phi) is 5.04. The topological polar surface area (TPSA) is 110 Å². The van der Waals surface area contributed by atoms with Crippen molar-refractivity contribution in [1.82, 2.24) is 4.57 Å². The molecule has 0 saturated carbocycles. The predicted octanol–water partition coefficient (Wildman–Crippen LogP) is 2.80. The van der Waals surface area contributed by atoms with Crippen LogP contribution in [0.4, 0.5) is 0 Å². The highest BCUT2D eigenvalue weighted by Crippen LogP contribution is 2.30. The van der Waals surface area contributed by atoms with E-state index in [9.17, 15) is 10.1 Å². The first-order chi connectivity index (χ1) is 13.0. The van der Waals surface area contributed by atoms with E-state index in [1.54, 1.807) is 12.1 Å². The van der Waals surface area contributed by atoms with E-state index in [1.807, 2.05) is 60.0 Å². The number of guanidine groups is 1. The number of nitrogens with two attached hydrogens (primary N) is 2. The number of aryl methyl sites for hydroxylation is 1. The minimum Gasteiger partial charge on any atom is -0.370 e. The van der Waals surface area contributed by atoms with E-state index in [4.69, 9.17) is 11.5 Å². The molecule has 1 amide bonds. The highest BCUT2D eigenvalue weighted by molar-refractivity contribution is 5.92. The Hall–Kier alpha value is -3.85. The van der Waals surface area contributed by atoms with Gasteiger partial charge in [0, 0.05) is 11.4 Å². The average Bonchev–Trinajstić information content (AvgIpc) is 3.05. The molecule has 0 radical (unpaired) electrons. The Labute approximate surface area is 157 Å². The van der Waals surface area contributed by atoms with Crippen molar-refractivity contribution in [3.8, 4) is 28.6 Å². The molecule has 0 spiro atoms. The second-order valence-corrected chi connectivity index (χ2v) is 6.18. The van der Waals surface area contributed by atoms with Crippen LogP contribution in [-0.4, -0.2) is 16.4 Å². The van der Waals surface area contributed by atoms with E-state index >= 15 is 0 Å². The minimum atomic E-state index is -0.447. The molecule has 0 fully saturated rings. The molecular formula is C21H19N5O. The van der Waals surface area contributed by atoms with Crippen LogP contribution in [0.1, 0.15) is 11.1 Å². The van der Waals surface area contributed by atoms with Crippen LogP contribution in [0.5, 0.6) is 0 Å². The summed E-state index contributed by atoms with van der Waals surface area (Å²) in [5.41, 5.74) is 15.9. The van der Waals surface area contributed by atoms with E-state index in [1.165, 1.54) is 0 Å². The molecule has 0 aliphatic carbocycles. The fraction of sp³-hybridized carbons (Fsp3) is 0.0952. The minimum absolute atomic E-state index is 0.0137. The summed E-state index contributed by atoms with van der Waals surface area (Å²) in [6, 6.07) is 21.3. The summed E-state index contributed by atoms with van der Waals surface area (Å²) in [6.07, 6.45) is 0. The number of carbonyl (C=O) groups excluding carboxylic acids is 1. The number of benzene rings is 2. The Balaban J connectivity index is 2.13. The molecule has 0 atom stereocenters. The molecule has 3 aromatic rings. The predicted molar refractivity (Wildman–Crippen MR) is 106 cm³/mol. The number of hydrogen-bond donors (Lipinski definition) is 2. The van der Waals surface area contributed by atoms with Crippen LogP contribution in [0.3, 0.4) is 0 Å². The first kappa shape index (κ1) is 18.0. The maximum Gasteiger partial charge on any atom is 0.268 e. The third-order valence-electron chi connectivity index (χ3n) is 4.16. The lowest BCUT2D eigenvalue weighted by atomic mass is 10.1. The molecule has 0 aliphatic heterocycles. The van der Waals surface area contributed by atoms with Gasteiger partial charge in [-0.15, -0.1) is 0 Å². The van der Waals surface area contributed by atoms with Gasteiger partial charge >= 0.3 is 0 Å². The highest BCUT2D eigenvalue weighted by Gasteiger charge is 2.15. The zero-order valence-corrected chi connectivity index (χ0v) is 14.9. The first-order valence-corrected chi connectivity index (χ1v) is 8.37. The lowest BCUT2D eigenvalue weighted by Crippen LogP contribution is -2.25. The summed E-state index contributed by atoms with van der Waals surface area (Å²) >= 11 is 0. The Morgan fingerprint density at radius 2 is 1.70 bits per heavy atom. The third-order valence-corrected chi connectivity index (χ3v) is 4.16. The van der Waals surface area contributed by atoms with Gasteiger partial charge in [0.05, 0.1) is 11.6 Å². The number of carbonyl (C=O) groups is 1. The molecule has 1 heterocycles. The van der Waals surface area contributed by atoms with Crippen LogP contribution < -0.4 is 11.5 Å². The van der Waals surface area contributed by atoms with Gasteiger partial charge in [-0.2, -0.15) is 10.3 Å². The fourth-order valence-corrected chi connectivity index (χ4v) is 2.93. The summed E-state index contributed by atoms with van der Waals surface area (Å²) in [5, 5.41) is 9.18. The van der Waals surface area contributed by atoms with Crippen LogP contribution in [-0.2, 0) is 11.3 Å². The molecule has 2 aromatic carbocycles. The van der Waals surface area contributed by atoms with Crippen LogP contribution >= 0.6 is 0 Å². The van der Waals surface area contributed by atoms with Crippen LogP contribution in [0.15, 0.2) is 65.7 Å². The van der Waals surface area contributed by atoms with Crippen molar-refractivity contribution in [2.24, 2.45) is 16.5 Å². The SMILES string of the molecule is Cc1ccc(-c2ccc(-c3cccc(C#N)c3)n2CC(=O)N=C(N)N)cc1. The fourth-order valence-electron chi connectivity index (χ4n) is 2.93. The quantitative estimate of drug-likeness (QED) is 0.552. The van der Waals surface area contributed by atoms with E-state index in [0.717, 1.165) is 28.1 Å². The Morgan fingerprint density at radius 3 is 2.33 bits per heavy atom. The molecule has 0 aliphatic rings. The molecule has 1 aromatic heterocycles. The maximum absolute atomic E-state index is 12.2. The number of hydrogen-bond acceptors (Lipinski definition) is 2. The number of aromatic nitrogens is 1. The Bertz CT molecular complexity index is 1050. The van der Waals surface area contributed by atoms with Gasteiger partial charge in [-0.25, -0.2) is 0 Å². The molecule has 27 heavy (non-hydrogen) atoms. The summed E-state index contributed by atoms with van der Waals surface area (Å²) in [5.74, 6) is -0.714. The molecular weight excluding hydrogens is 338 g/mol. The summed E-state index contributed by atoms with van der Waals surface area (Å²) in [7, 11) is 0. The van der Waals surface area contributed by atoms with Crippen molar-refractivity contribution in [2.75, 3.05) is 0 Å². The second-order valence-electron chi connectivity index (χ2n) is 6.18. The summed E-state index contributed by atoms with van der Waals surface area (Å²) in [4.78, 5) is 15.9. The smallest absolute Gasteiger partial charge is 0.268 e. The normalized spacial score (nSPS) is 10.2. The van der Waals surface area contributed by atoms with Gasteiger partial charge in [0.2, 0.25) is 0 Å². The van der Waals surface area contributed by atoms with Gasteiger partial charge in [-0.3, -0.25) is 4.79 Å². The lowest BCUT2D eigenvalue weighted by Gasteiger charge is -2.13. The van der Waals surface area contributed by atoms with E-state index in [2.05, 4.69) is 11.1 Å². The van der Waals surface area contributed by atoms with Gasteiger partial charge in [0.15, 0.2) is 5.96 Å². The van der Waals surface area contributed by atoms with Gasteiger partial charge < -0.3 is 16.0 Å². The number of nitriles is 1. The van der Waals surface area contributed by atoms with Crippen molar-refractivity contribution < 1.29 is 4.79 Å². The number of amides is 1. The van der Waals surface area contributed by atoms with Crippen LogP contribution in [0.25, 0.3) is 22.5 Å². The number of nitrogens with zero attached hydrogens (tertiary/aromatic N) is 3. The van der Waals surface area contributed by atoms with E-state index in [0.29, 0.717) is 5.56 Å². The van der Waals surface area contributed by atoms with Crippen molar-refractivity contribution in [1.29, 1.82) is 5.26 Å².